The second kappa shape index (κ2) is 7.40. The van der Waals surface area contributed by atoms with Crippen molar-refractivity contribution >= 4 is 17.2 Å². The Morgan fingerprint density at radius 1 is 1.04 bits per heavy atom. The smallest absolute Gasteiger partial charge is 0.261 e. The Bertz CT molecular complexity index is 882. The van der Waals surface area contributed by atoms with E-state index in [1.54, 1.807) is 23.5 Å². The van der Waals surface area contributed by atoms with E-state index >= 15 is 0 Å². The van der Waals surface area contributed by atoms with Crippen LogP contribution < -0.4 is 5.32 Å². The first kappa shape index (κ1) is 16.9. The molecule has 132 valence electrons. The number of thiophene rings is 1. The van der Waals surface area contributed by atoms with Crippen molar-refractivity contribution in [3.05, 3.63) is 92.9 Å². The second-order valence-electron chi connectivity index (χ2n) is 6.50. The molecule has 0 saturated heterocycles. The summed E-state index contributed by atoms with van der Waals surface area (Å²) in [5.74, 6) is -0.335. The van der Waals surface area contributed by atoms with Crippen LogP contribution in [0.15, 0.2) is 60.7 Å². The van der Waals surface area contributed by atoms with Crippen molar-refractivity contribution in [3.63, 3.8) is 0 Å². The van der Waals surface area contributed by atoms with Gasteiger partial charge in [-0.05, 0) is 34.9 Å². The Kier molecular flexibility index (Phi) is 4.82. The second-order valence-corrected chi connectivity index (χ2v) is 7.64. The highest BCUT2D eigenvalue weighted by molar-refractivity contribution is 7.14. The van der Waals surface area contributed by atoms with Gasteiger partial charge in [0.1, 0.15) is 5.82 Å². The molecule has 2 heterocycles. The van der Waals surface area contributed by atoms with Crippen LogP contribution in [0.5, 0.6) is 0 Å². The number of carbonyl (C=O) groups is 1. The van der Waals surface area contributed by atoms with Crippen LogP contribution in [-0.4, -0.2) is 10.8 Å². The Labute approximate surface area is 156 Å². The molecule has 0 saturated carbocycles. The molecular weight excluding hydrogens is 347 g/mol. The van der Waals surface area contributed by atoms with Crippen LogP contribution in [0.4, 0.5) is 4.39 Å². The van der Waals surface area contributed by atoms with Gasteiger partial charge in [0.15, 0.2) is 0 Å². The van der Waals surface area contributed by atoms with Crippen LogP contribution in [-0.2, 0) is 26.2 Å². The first-order chi connectivity index (χ1) is 12.7. The summed E-state index contributed by atoms with van der Waals surface area (Å²) in [6.07, 6.45) is 0. The fraction of sp³-hybridized carbons (Fsp3) is 0.190. The van der Waals surface area contributed by atoms with Crippen LogP contribution >= 0.6 is 11.3 Å². The average Bonchev–Trinajstić information content (AvgIpc) is 3.20. The van der Waals surface area contributed by atoms with Crippen molar-refractivity contribution in [2.45, 2.75) is 26.2 Å². The maximum Gasteiger partial charge on any atom is 0.261 e. The largest absolute Gasteiger partial charge is 0.347 e. The first-order valence-electron chi connectivity index (χ1n) is 8.58. The molecule has 0 radical (unpaired) electrons. The van der Waals surface area contributed by atoms with Gasteiger partial charge in [0.2, 0.25) is 0 Å². The lowest BCUT2D eigenvalue weighted by atomic mass is 10.2. The Morgan fingerprint density at radius 2 is 1.81 bits per heavy atom. The van der Waals surface area contributed by atoms with E-state index < -0.39 is 0 Å². The fourth-order valence-electron chi connectivity index (χ4n) is 3.17. The molecule has 2 aromatic carbocycles. The van der Waals surface area contributed by atoms with E-state index in [2.05, 4.69) is 34.5 Å². The molecule has 0 unspecified atom stereocenters. The molecule has 5 heteroatoms. The number of hydrogen-bond acceptors (Lipinski definition) is 3. The molecule has 1 N–H and O–H groups in total. The summed E-state index contributed by atoms with van der Waals surface area (Å²) in [6.45, 7) is 3.10. The van der Waals surface area contributed by atoms with Gasteiger partial charge in [0, 0.05) is 31.1 Å². The molecule has 0 bridgehead atoms. The minimum absolute atomic E-state index is 0.0664. The number of nitrogens with one attached hydrogen (secondary N) is 1. The van der Waals surface area contributed by atoms with Crippen LogP contribution in [0.25, 0.3) is 0 Å². The zero-order chi connectivity index (χ0) is 17.9. The van der Waals surface area contributed by atoms with Crippen molar-refractivity contribution in [1.29, 1.82) is 0 Å². The number of fused-ring (bicyclic) bond motifs is 1. The molecule has 0 fully saturated rings. The highest BCUT2D eigenvalue weighted by atomic mass is 32.1. The summed E-state index contributed by atoms with van der Waals surface area (Å²) in [5.41, 5.74) is 3.44. The highest BCUT2D eigenvalue weighted by Crippen LogP contribution is 2.32. The van der Waals surface area contributed by atoms with E-state index in [0.717, 1.165) is 30.1 Å². The third-order valence-electron chi connectivity index (χ3n) is 4.50. The normalized spacial score (nSPS) is 13.6. The Balaban J connectivity index is 1.34. The third-order valence-corrected chi connectivity index (χ3v) is 5.66. The molecule has 1 aliphatic rings. The minimum Gasteiger partial charge on any atom is -0.347 e. The first-order valence-corrected chi connectivity index (χ1v) is 9.39. The van der Waals surface area contributed by atoms with Crippen molar-refractivity contribution in [2.24, 2.45) is 0 Å². The molecule has 26 heavy (non-hydrogen) atoms. The lowest BCUT2D eigenvalue weighted by Gasteiger charge is -2.14. The van der Waals surface area contributed by atoms with Crippen LogP contribution in [0.2, 0.25) is 0 Å². The van der Waals surface area contributed by atoms with Gasteiger partial charge in [-0.2, -0.15) is 0 Å². The van der Waals surface area contributed by atoms with Crippen molar-refractivity contribution < 1.29 is 9.18 Å². The van der Waals surface area contributed by atoms with Gasteiger partial charge < -0.3 is 5.32 Å². The monoisotopic (exact) mass is 366 g/mol. The fourth-order valence-corrected chi connectivity index (χ4v) is 4.30. The van der Waals surface area contributed by atoms with E-state index in [-0.39, 0.29) is 11.7 Å². The minimum atomic E-state index is -0.269. The van der Waals surface area contributed by atoms with Gasteiger partial charge in [-0.15, -0.1) is 11.3 Å². The van der Waals surface area contributed by atoms with Gasteiger partial charge in [-0.1, -0.05) is 42.5 Å². The molecule has 1 aromatic heterocycles. The van der Waals surface area contributed by atoms with Crippen LogP contribution in [0.3, 0.4) is 0 Å². The van der Waals surface area contributed by atoms with Crippen molar-refractivity contribution in [2.75, 3.05) is 0 Å². The predicted molar refractivity (Wildman–Crippen MR) is 101 cm³/mol. The summed E-state index contributed by atoms with van der Waals surface area (Å²) >= 11 is 1.57. The maximum absolute atomic E-state index is 12.9. The predicted octanol–water partition coefficient (Wildman–Crippen LogP) is 4.33. The number of nitrogens with zero attached hydrogens (tertiary/aromatic N) is 1. The number of hydrogen-bond donors (Lipinski definition) is 1. The zero-order valence-corrected chi connectivity index (χ0v) is 15.1. The summed E-state index contributed by atoms with van der Waals surface area (Å²) in [4.78, 5) is 16.8. The topological polar surface area (TPSA) is 32.3 Å². The SMILES string of the molecule is O=C(NCc1ccc(F)cc1)c1cc2c(s1)CN(Cc1ccccc1)C2. The third kappa shape index (κ3) is 3.84. The number of rotatable bonds is 5. The zero-order valence-electron chi connectivity index (χ0n) is 14.2. The van der Waals surface area contributed by atoms with Gasteiger partial charge in [0.25, 0.3) is 5.91 Å². The van der Waals surface area contributed by atoms with Crippen LogP contribution in [0, 0.1) is 5.82 Å². The van der Waals surface area contributed by atoms with E-state index in [9.17, 15) is 9.18 Å². The number of carbonyl (C=O) groups excluding carboxylic acids is 1. The standard InChI is InChI=1S/C21H19FN2OS/c22-18-8-6-15(7-9-18)11-23-21(25)19-10-17-13-24(14-20(17)26-19)12-16-4-2-1-3-5-16/h1-10H,11-14H2,(H,23,25). The molecule has 1 aliphatic heterocycles. The molecule has 0 atom stereocenters. The number of amides is 1. The lowest BCUT2D eigenvalue weighted by molar-refractivity contribution is 0.0955. The van der Waals surface area contributed by atoms with Crippen molar-refractivity contribution in [3.8, 4) is 0 Å². The van der Waals surface area contributed by atoms with E-state index in [1.165, 1.54) is 28.1 Å². The van der Waals surface area contributed by atoms with Crippen LogP contribution in [0.1, 0.15) is 31.2 Å². The molecule has 1 amide bonds. The molecular formula is C21H19FN2OS. The molecule has 0 spiro atoms. The molecule has 4 rings (SSSR count). The molecule has 3 aromatic rings. The van der Waals surface area contributed by atoms with Gasteiger partial charge >= 0.3 is 0 Å². The van der Waals surface area contributed by atoms with Gasteiger partial charge in [-0.3, -0.25) is 9.69 Å². The summed E-state index contributed by atoms with van der Waals surface area (Å²) in [5, 5.41) is 2.91. The summed E-state index contributed by atoms with van der Waals surface area (Å²) < 4.78 is 12.9. The quantitative estimate of drug-likeness (QED) is 0.729. The number of benzene rings is 2. The summed E-state index contributed by atoms with van der Waals surface area (Å²) in [7, 11) is 0. The summed E-state index contributed by atoms with van der Waals surface area (Å²) in [6, 6.07) is 18.6. The Morgan fingerprint density at radius 3 is 2.54 bits per heavy atom. The Hall–Kier alpha value is -2.50. The van der Waals surface area contributed by atoms with Gasteiger partial charge in [0.05, 0.1) is 4.88 Å². The van der Waals surface area contributed by atoms with Crippen molar-refractivity contribution in [1.82, 2.24) is 10.2 Å². The highest BCUT2D eigenvalue weighted by Gasteiger charge is 2.23. The molecule has 3 nitrogen and oxygen atoms in total. The van der Waals surface area contributed by atoms with Gasteiger partial charge in [-0.25, -0.2) is 4.39 Å². The lowest BCUT2D eigenvalue weighted by Crippen LogP contribution is -2.22. The van der Waals surface area contributed by atoms with E-state index in [0.29, 0.717) is 6.54 Å². The van der Waals surface area contributed by atoms with E-state index in [1.807, 2.05) is 12.1 Å². The number of halogens is 1. The van der Waals surface area contributed by atoms with E-state index in [4.69, 9.17) is 0 Å². The maximum atomic E-state index is 12.9. The average molecular weight is 366 g/mol. The molecule has 0 aliphatic carbocycles.